The predicted octanol–water partition coefficient (Wildman–Crippen LogP) is 4.31. The zero-order valence-electron chi connectivity index (χ0n) is 24.7. The molecule has 0 aliphatic heterocycles. The number of nitrogens with zero attached hydrogens (tertiary/aromatic N) is 1. The number of carbonyl (C=O) groups is 3. The number of carbonyl (C=O) groups excluding carboxylic acids is 3. The summed E-state index contributed by atoms with van der Waals surface area (Å²) in [7, 11) is 3.10. The summed E-state index contributed by atoms with van der Waals surface area (Å²) >= 11 is 3.45. The number of hydrogen-bond donors (Lipinski definition) is 3. The SMILES string of the molecule is CCOc1cc(/C=N\NC(=O)C(=O)NCCc2ccc(OC)c(OC)c2)ccc1OCC(=O)Nc1c(C)cc(Br)cc1C. The average molecular weight is 656 g/mol. The smallest absolute Gasteiger partial charge is 0.329 e. The van der Waals surface area contributed by atoms with Crippen molar-refractivity contribution in [1.29, 1.82) is 0 Å². The maximum atomic E-state index is 12.6. The predicted molar refractivity (Wildman–Crippen MR) is 167 cm³/mol. The number of methoxy groups -OCH3 is 2. The first-order valence-electron chi connectivity index (χ1n) is 13.4. The Labute approximate surface area is 259 Å². The second kappa shape index (κ2) is 16.2. The van der Waals surface area contributed by atoms with E-state index in [1.165, 1.54) is 6.21 Å². The summed E-state index contributed by atoms with van der Waals surface area (Å²) in [6.45, 7) is 6.03. The molecule has 0 fully saturated rings. The lowest BCUT2D eigenvalue weighted by Crippen LogP contribution is -2.38. The van der Waals surface area contributed by atoms with Crippen molar-refractivity contribution in [2.45, 2.75) is 27.2 Å². The minimum atomic E-state index is -0.907. The third-order valence-electron chi connectivity index (χ3n) is 6.12. The monoisotopic (exact) mass is 654 g/mol. The van der Waals surface area contributed by atoms with Crippen molar-refractivity contribution < 1.29 is 33.3 Å². The highest BCUT2D eigenvalue weighted by atomic mass is 79.9. The lowest BCUT2D eigenvalue weighted by Gasteiger charge is -2.14. The summed E-state index contributed by atoms with van der Waals surface area (Å²) < 4.78 is 22.8. The number of ether oxygens (including phenoxy) is 4. The van der Waals surface area contributed by atoms with E-state index < -0.39 is 11.8 Å². The van der Waals surface area contributed by atoms with Gasteiger partial charge in [0.25, 0.3) is 5.91 Å². The van der Waals surface area contributed by atoms with Crippen LogP contribution in [0.2, 0.25) is 0 Å². The third-order valence-corrected chi connectivity index (χ3v) is 6.58. The number of hydrogen-bond acceptors (Lipinski definition) is 8. The zero-order chi connectivity index (χ0) is 31.4. The van der Waals surface area contributed by atoms with Crippen LogP contribution in [0.4, 0.5) is 5.69 Å². The number of amides is 3. The molecule has 0 aliphatic rings. The summed E-state index contributed by atoms with van der Waals surface area (Å²) in [5, 5.41) is 9.31. The van der Waals surface area contributed by atoms with E-state index in [2.05, 4.69) is 37.1 Å². The van der Waals surface area contributed by atoms with Crippen molar-refractivity contribution in [2.75, 3.05) is 39.3 Å². The van der Waals surface area contributed by atoms with E-state index in [1.54, 1.807) is 38.5 Å². The molecule has 0 aromatic heterocycles. The van der Waals surface area contributed by atoms with Crippen LogP contribution >= 0.6 is 15.9 Å². The van der Waals surface area contributed by atoms with E-state index in [0.717, 1.165) is 26.9 Å². The standard InChI is InChI=1S/C31H35BrN4O7/c1-6-42-27-16-22(8-10-25(27)43-18-28(37)35-29-19(2)13-23(32)14-20(29)3)17-34-36-31(39)30(38)33-12-11-21-7-9-24(40-4)26(15-21)41-5/h7-10,13-17H,6,11-12,18H2,1-5H3,(H,33,38)(H,35,37)(H,36,39)/b34-17-. The first-order chi connectivity index (χ1) is 20.6. The maximum absolute atomic E-state index is 12.6. The molecule has 0 unspecified atom stereocenters. The summed E-state index contributed by atoms with van der Waals surface area (Å²) in [5.41, 5.74) is 6.29. The van der Waals surface area contributed by atoms with E-state index in [9.17, 15) is 14.4 Å². The van der Waals surface area contributed by atoms with E-state index in [1.807, 2.05) is 45.0 Å². The van der Waals surface area contributed by atoms with Crippen molar-refractivity contribution in [1.82, 2.24) is 10.7 Å². The Morgan fingerprint density at radius 1 is 0.860 bits per heavy atom. The van der Waals surface area contributed by atoms with Crippen LogP contribution < -0.4 is 35.0 Å². The molecule has 0 saturated carbocycles. The molecule has 11 nitrogen and oxygen atoms in total. The van der Waals surface area contributed by atoms with Gasteiger partial charge in [-0.1, -0.05) is 22.0 Å². The number of rotatable bonds is 13. The van der Waals surface area contributed by atoms with Crippen molar-refractivity contribution in [3.63, 3.8) is 0 Å². The molecule has 3 N–H and O–H groups in total. The van der Waals surface area contributed by atoms with Gasteiger partial charge in [0.1, 0.15) is 0 Å². The molecular formula is C31H35BrN4O7. The van der Waals surface area contributed by atoms with Crippen molar-refractivity contribution in [2.24, 2.45) is 5.10 Å². The van der Waals surface area contributed by atoms with Gasteiger partial charge in [-0.15, -0.1) is 0 Å². The topological polar surface area (TPSA) is 137 Å². The van der Waals surface area contributed by atoms with Gasteiger partial charge in [0.05, 0.1) is 27.0 Å². The Hall–Kier alpha value is -4.58. The molecule has 0 bridgehead atoms. The van der Waals surface area contributed by atoms with Crippen molar-refractivity contribution in [3.8, 4) is 23.0 Å². The number of anilines is 1. The molecule has 228 valence electrons. The van der Waals surface area contributed by atoms with Gasteiger partial charge in [-0.25, -0.2) is 5.43 Å². The minimum Gasteiger partial charge on any atom is -0.493 e. The highest BCUT2D eigenvalue weighted by Gasteiger charge is 2.14. The molecular weight excluding hydrogens is 620 g/mol. The van der Waals surface area contributed by atoms with E-state index >= 15 is 0 Å². The lowest BCUT2D eigenvalue weighted by molar-refractivity contribution is -0.139. The lowest BCUT2D eigenvalue weighted by atomic mass is 10.1. The summed E-state index contributed by atoms with van der Waals surface area (Å²) in [6, 6.07) is 14.3. The van der Waals surface area contributed by atoms with E-state index in [-0.39, 0.29) is 19.1 Å². The maximum Gasteiger partial charge on any atom is 0.329 e. The van der Waals surface area contributed by atoms with Crippen LogP contribution in [0.5, 0.6) is 23.0 Å². The van der Waals surface area contributed by atoms with Crippen LogP contribution in [0.25, 0.3) is 0 Å². The Balaban J connectivity index is 1.51. The normalized spacial score (nSPS) is 10.7. The minimum absolute atomic E-state index is 0.223. The molecule has 3 amide bonds. The van der Waals surface area contributed by atoms with Crippen molar-refractivity contribution in [3.05, 3.63) is 75.3 Å². The molecule has 0 saturated heterocycles. The first kappa shape index (κ1) is 32.9. The van der Waals surface area contributed by atoms with Gasteiger partial charge in [-0.2, -0.15) is 5.10 Å². The van der Waals surface area contributed by atoms with Gasteiger partial charge in [-0.3, -0.25) is 14.4 Å². The summed E-state index contributed by atoms with van der Waals surface area (Å²) in [5.74, 6) is -0.0814. The van der Waals surface area contributed by atoms with Gasteiger partial charge < -0.3 is 29.6 Å². The third kappa shape index (κ3) is 9.74. The van der Waals surface area contributed by atoms with Gasteiger partial charge >= 0.3 is 11.8 Å². The van der Waals surface area contributed by atoms with E-state index in [0.29, 0.717) is 41.6 Å². The molecule has 3 aromatic carbocycles. The highest BCUT2D eigenvalue weighted by Crippen LogP contribution is 2.29. The number of halogens is 1. The molecule has 0 heterocycles. The number of aryl methyl sites for hydroxylation is 2. The quantitative estimate of drug-likeness (QED) is 0.142. The zero-order valence-corrected chi connectivity index (χ0v) is 26.3. The second-order valence-electron chi connectivity index (χ2n) is 9.28. The average Bonchev–Trinajstić information content (AvgIpc) is 2.98. The fourth-order valence-electron chi connectivity index (χ4n) is 4.07. The van der Waals surface area contributed by atoms with Gasteiger partial charge in [0.2, 0.25) is 0 Å². The van der Waals surface area contributed by atoms with Crippen LogP contribution in [0.3, 0.4) is 0 Å². The molecule has 0 atom stereocenters. The van der Waals surface area contributed by atoms with Gasteiger partial charge in [0.15, 0.2) is 29.6 Å². The first-order valence-corrected chi connectivity index (χ1v) is 14.2. The molecule has 0 aliphatic carbocycles. The fourth-order valence-corrected chi connectivity index (χ4v) is 4.76. The second-order valence-corrected chi connectivity index (χ2v) is 10.2. The Morgan fingerprint density at radius 2 is 1.56 bits per heavy atom. The molecule has 43 heavy (non-hydrogen) atoms. The largest absolute Gasteiger partial charge is 0.493 e. The van der Waals surface area contributed by atoms with Crippen LogP contribution in [0, 0.1) is 13.8 Å². The van der Waals surface area contributed by atoms with Crippen LogP contribution in [0.15, 0.2) is 58.1 Å². The van der Waals surface area contributed by atoms with Crippen LogP contribution in [0.1, 0.15) is 29.2 Å². The number of hydrazone groups is 1. The Kier molecular flexibility index (Phi) is 12.4. The molecule has 0 radical (unpaired) electrons. The van der Waals surface area contributed by atoms with E-state index in [4.69, 9.17) is 18.9 Å². The summed E-state index contributed by atoms with van der Waals surface area (Å²) in [6.07, 6.45) is 1.86. The molecule has 3 rings (SSSR count). The number of benzene rings is 3. The highest BCUT2D eigenvalue weighted by molar-refractivity contribution is 9.10. The Morgan fingerprint density at radius 3 is 2.23 bits per heavy atom. The van der Waals surface area contributed by atoms with Crippen molar-refractivity contribution >= 4 is 45.6 Å². The van der Waals surface area contributed by atoms with Crippen LogP contribution in [-0.2, 0) is 20.8 Å². The molecule has 0 spiro atoms. The Bertz CT molecular complexity index is 1470. The van der Waals surface area contributed by atoms with Gasteiger partial charge in [-0.05, 0) is 91.9 Å². The number of nitrogens with one attached hydrogen (secondary N) is 3. The molecule has 3 aromatic rings. The molecule has 12 heteroatoms. The van der Waals surface area contributed by atoms with Gasteiger partial charge in [0, 0.05) is 16.7 Å². The summed E-state index contributed by atoms with van der Waals surface area (Å²) in [4.78, 5) is 36.9. The fraction of sp³-hybridized carbons (Fsp3) is 0.290. The van der Waals surface area contributed by atoms with Crippen LogP contribution in [-0.4, -0.2) is 57.9 Å².